The largest absolute Gasteiger partial charge is 0.363 e. The number of benzene rings is 1. The van der Waals surface area contributed by atoms with Gasteiger partial charge < -0.3 is 4.90 Å². The molecule has 0 unspecified atom stereocenters. The van der Waals surface area contributed by atoms with Crippen LogP contribution in [0.5, 0.6) is 0 Å². The summed E-state index contributed by atoms with van der Waals surface area (Å²) in [7, 11) is 0. The van der Waals surface area contributed by atoms with Crippen LogP contribution in [0.1, 0.15) is 66.4 Å². The SMILES string of the molecule is CC1(C)C[C@@H]2C[C@@](C)(C1)[C@@H]1N2c2ccc([N+](=O)[O-])cc2C[C@@]12C(=O)NC(=O)N(C(C)(C)C)C2=O. The number of carbonyl (C=O) groups excluding carboxylic acids is 3. The number of nitro groups is 1. The van der Waals surface area contributed by atoms with Crippen molar-refractivity contribution in [1.29, 1.82) is 0 Å². The quantitative estimate of drug-likeness (QED) is 0.381. The van der Waals surface area contributed by atoms with Crippen LogP contribution in [-0.4, -0.2) is 45.3 Å². The predicted octanol–water partition coefficient (Wildman–Crippen LogP) is 3.79. The molecule has 9 heteroatoms. The van der Waals surface area contributed by atoms with E-state index in [9.17, 15) is 24.5 Å². The van der Waals surface area contributed by atoms with E-state index in [4.69, 9.17) is 0 Å². The first-order valence-corrected chi connectivity index (χ1v) is 11.9. The Balaban J connectivity index is 1.78. The molecule has 1 saturated carbocycles. The molecule has 0 radical (unpaired) electrons. The average Bonchev–Trinajstić information content (AvgIpc) is 2.90. The fraction of sp³-hybridized carbons (Fsp3) is 0.640. The Morgan fingerprint density at radius 3 is 2.41 bits per heavy atom. The van der Waals surface area contributed by atoms with E-state index in [0.29, 0.717) is 5.56 Å². The highest BCUT2D eigenvalue weighted by molar-refractivity contribution is 6.21. The average molecular weight is 469 g/mol. The summed E-state index contributed by atoms with van der Waals surface area (Å²) in [5, 5.41) is 14.0. The standard InChI is InChI=1S/C25H32N4O5/c1-22(2,3)28-20(31)25(19(30)26-21(28)32)10-14-9-15(29(33)34)7-8-17(14)27-16-11-23(4,5)13-24(6,12-16)18(25)27/h7-9,16,18H,10-13H2,1-6H3,(H,26,30,32)/t16-,18+,24+,25+/m1/s1. The van der Waals surface area contributed by atoms with Gasteiger partial charge in [-0.2, -0.15) is 0 Å². The van der Waals surface area contributed by atoms with Gasteiger partial charge in [0.1, 0.15) is 0 Å². The van der Waals surface area contributed by atoms with Crippen molar-refractivity contribution in [2.75, 3.05) is 4.90 Å². The summed E-state index contributed by atoms with van der Waals surface area (Å²) < 4.78 is 0. The first-order valence-electron chi connectivity index (χ1n) is 11.9. The van der Waals surface area contributed by atoms with Crippen LogP contribution in [0, 0.1) is 26.4 Å². The molecule has 4 aliphatic rings. The molecular weight excluding hydrogens is 436 g/mol. The number of hydrogen-bond acceptors (Lipinski definition) is 6. The zero-order valence-corrected chi connectivity index (χ0v) is 20.6. The first kappa shape index (κ1) is 22.8. The van der Waals surface area contributed by atoms with Gasteiger partial charge in [-0.15, -0.1) is 0 Å². The number of nitrogens with one attached hydrogen (secondary N) is 1. The molecule has 4 atom stereocenters. The Labute approximate surface area is 199 Å². The lowest BCUT2D eigenvalue weighted by Gasteiger charge is -2.55. The lowest BCUT2D eigenvalue weighted by molar-refractivity contribution is -0.384. The number of amides is 4. The lowest BCUT2D eigenvalue weighted by atomic mass is 9.56. The van der Waals surface area contributed by atoms with Crippen molar-refractivity contribution in [3.8, 4) is 0 Å². The van der Waals surface area contributed by atoms with Crippen molar-refractivity contribution in [2.45, 2.75) is 84.8 Å². The van der Waals surface area contributed by atoms with Gasteiger partial charge in [0.2, 0.25) is 11.8 Å². The minimum absolute atomic E-state index is 0.00482. The van der Waals surface area contributed by atoms with Crippen LogP contribution in [0.4, 0.5) is 16.2 Å². The number of hydrogen-bond donors (Lipinski definition) is 1. The Morgan fingerprint density at radius 2 is 1.79 bits per heavy atom. The molecule has 9 nitrogen and oxygen atoms in total. The van der Waals surface area contributed by atoms with Gasteiger partial charge in [0.25, 0.3) is 5.69 Å². The molecule has 1 aliphatic carbocycles. The summed E-state index contributed by atoms with van der Waals surface area (Å²) in [5.41, 5.74) is -1.34. The Hall–Kier alpha value is -2.97. The van der Waals surface area contributed by atoms with Crippen molar-refractivity contribution in [1.82, 2.24) is 10.2 Å². The van der Waals surface area contributed by atoms with Crippen LogP contribution in [0.2, 0.25) is 0 Å². The maximum Gasteiger partial charge on any atom is 0.331 e. The molecule has 0 aromatic heterocycles. The molecule has 2 bridgehead atoms. The highest BCUT2D eigenvalue weighted by Crippen LogP contribution is 2.64. The number of imide groups is 2. The molecule has 34 heavy (non-hydrogen) atoms. The van der Waals surface area contributed by atoms with Gasteiger partial charge in [-0.3, -0.25) is 29.9 Å². The molecule has 1 aromatic carbocycles. The Morgan fingerprint density at radius 1 is 1.12 bits per heavy atom. The second-order valence-corrected chi connectivity index (χ2v) is 12.7. The number of urea groups is 1. The summed E-state index contributed by atoms with van der Waals surface area (Å²) >= 11 is 0. The van der Waals surface area contributed by atoms with E-state index in [0.717, 1.165) is 24.9 Å². The lowest BCUT2D eigenvalue weighted by Crippen LogP contribution is -2.75. The maximum absolute atomic E-state index is 14.3. The van der Waals surface area contributed by atoms with Crippen molar-refractivity contribution in [3.63, 3.8) is 0 Å². The van der Waals surface area contributed by atoms with Gasteiger partial charge >= 0.3 is 6.03 Å². The summed E-state index contributed by atoms with van der Waals surface area (Å²) in [6, 6.07) is 3.68. The van der Waals surface area contributed by atoms with E-state index in [1.165, 1.54) is 17.0 Å². The number of barbiturate groups is 1. The molecule has 2 saturated heterocycles. The minimum Gasteiger partial charge on any atom is -0.363 e. The van der Waals surface area contributed by atoms with E-state index < -0.39 is 39.8 Å². The molecular formula is C25H32N4O5. The normalized spacial score (nSPS) is 34.1. The fourth-order valence-corrected chi connectivity index (χ4v) is 7.74. The molecule has 5 rings (SSSR count). The second-order valence-electron chi connectivity index (χ2n) is 12.7. The van der Waals surface area contributed by atoms with E-state index in [1.807, 2.05) is 0 Å². The zero-order chi connectivity index (χ0) is 25.0. The number of non-ortho nitro benzene ring substituents is 1. The number of nitro benzene ring substituents is 1. The van der Waals surface area contributed by atoms with Gasteiger partial charge in [-0.1, -0.05) is 20.8 Å². The summed E-state index contributed by atoms with van der Waals surface area (Å²) in [5.74, 6) is -1.10. The monoisotopic (exact) mass is 468 g/mol. The Bertz CT molecular complexity index is 1150. The highest BCUT2D eigenvalue weighted by atomic mass is 16.6. The third-order valence-corrected chi connectivity index (χ3v) is 8.28. The van der Waals surface area contributed by atoms with Crippen molar-refractivity contribution >= 4 is 29.2 Å². The number of nitrogens with zero attached hydrogens (tertiary/aromatic N) is 3. The van der Waals surface area contributed by atoms with Gasteiger partial charge in [0, 0.05) is 35.8 Å². The fourth-order valence-electron chi connectivity index (χ4n) is 7.74. The van der Waals surface area contributed by atoms with Crippen LogP contribution in [0.25, 0.3) is 0 Å². The summed E-state index contributed by atoms with van der Waals surface area (Å²) in [6.07, 6.45) is 2.58. The molecule has 1 N–H and O–H groups in total. The molecule has 3 heterocycles. The summed E-state index contributed by atoms with van der Waals surface area (Å²) in [6.45, 7) is 11.9. The molecule has 1 spiro atoms. The molecule has 1 aromatic rings. The van der Waals surface area contributed by atoms with Gasteiger partial charge in [-0.05, 0) is 62.5 Å². The van der Waals surface area contributed by atoms with Crippen LogP contribution >= 0.6 is 0 Å². The van der Waals surface area contributed by atoms with E-state index in [1.54, 1.807) is 26.8 Å². The van der Waals surface area contributed by atoms with E-state index in [2.05, 4.69) is 31.0 Å². The number of fused-ring (bicyclic) bond motifs is 8. The smallest absolute Gasteiger partial charge is 0.331 e. The van der Waals surface area contributed by atoms with Gasteiger partial charge in [-0.25, -0.2) is 4.79 Å². The van der Waals surface area contributed by atoms with E-state index >= 15 is 0 Å². The van der Waals surface area contributed by atoms with Crippen LogP contribution < -0.4 is 10.2 Å². The molecule has 3 fully saturated rings. The topological polar surface area (TPSA) is 113 Å². The van der Waals surface area contributed by atoms with E-state index in [-0.39, 0.29) is 29.0 Å². The number of rotatable bonds is 1. The highest BCUT2D eigenvalue weighted by Gasteiger charge is 2.71. The van der Waals surface area contributed by atoms with Crippen molar-refractivity contribution < 1.29 is 19.3 Å². The number of carbonyl (C=O) groups is 3. The first-order chi connectivity index (χ1) is 15.6. The zero-order valence-electron chi connectivity index (χ0n) is 20.6. The van der Waals surface area contributed by atoms with Crippen LogP contribution in [0.3, 0.4) is 0 Å². The van der Waals surface area contributed by atoms with Crippen molar-refractivity contribution in [2.24, 2.45) is 16.2 Å². The Kier molecular flexibility index (Phi) is 4.41. The third kappa shape index (κ3) is 2.88. The number of anilines is 1. The molecule has 182 valence electrons. The molecule has 3 aliphatic heterocycles. The van der Waals surface area contributed by atoms with Gasteiger partial charge in [0.05, 0.1) is 11.0 Å². The predicted molar refractivity (Wildman–Crippen MR) is 125 cm³/mol. The maximum atomic E-state index is 14.3. The van der Waals surface area contributed by atoms with Crippen LogP contribution in [0.15, 0.2) is 18.2 Å². The van der Waals surface area contributed by atoms with Crippen LogP contribution in [-0.2, 0) is 16.0 Å². The van der Waals surface area contributed by atoms with Crippen molar-refractivity contribution in [3.05, 3.63) is 33.9 Å². The second kappa shape index (κ2) is 6.58. The van der Waals surface area contributed by atoms with Gasteiger partial charge in [0.15, 0.2) is 5.41 Å². The minimum atomic E-state index is -1.55. The third-order valence-electron chi connectivity index (χ3n) is 8.28. The molecule has 4 amide bonds. The summed E-state index contributed by atoms with van der Waals surface area (Å²) in [4.78, 5) is 55.4.